The van der Waals surface area contributed by atoms with Crippen molar-refractivity contribution in [1.82, 2.24) is 14.5 Å². The van der Waals surface area contributed by atoms with Gasteiger partial charge in [-0.1, -0.05) is 29.3 Å². The number of benzene rings is 1. The lowest BCUT2D eigenvalue weighted by Crippen LogP contribution is -2.15. The van der Waals surface area contributed by atoms with Crippen LogP contribution in [0.15, 0.2) is 22.9 Å². The average molecular weight is 391 g/mol. The summed E-state index contributed by atoms with van der Waals surface area (Å²) >= 11 is 3.51. The Morgan fingerprint density at radius 1 is 1.38 bits per heavy atom. The summed E-state index contributed by atoms with van der Waals surface area (Å²) in [6.07, 6.45) is 3.26. The smallest absolute Gasteiger partial charge is 0.326 e. The molecule has 6 nitrogen and oxygen atoms in total. The van der Waals surface area contributed by atoms with Gasteiger partial charge in [0.2, 0.25) is 0 Å². The molecule has 0 atom stereocenters. The summed E-state index contributed by atoms with van der Waals surface area (Å²) in [6, 6.07) is 3.98. The highest BCUT2D eigenvalue weighted by atomic mass is 79.9. The van der Waals surface area contributed by atoms with Crippen LogP contribution in [0.3, 0.4) is 0 Å². The molecule has 0 unspecified atom stereocenters. The number of halogens is 1. The number of hydrogen-bond donors (Lipinski definition) is 1. The van der Waals surface area contributed by atoms with Gasteiger partial charge in [-0.25, -0.2) is 9.97 Å². The summed E-state index contributed by atoms with van der Waals surface area (Å²) in [7, 11) is 0. The Bertz CT molecular complexity index is 920. The highest BCUT2D eigenvalue weighted by Crippen LogP contribution is 2.34. The largest absolute Gasteiger partial charge is 0.464 e. The Morgan fingerprint density at radius 2 is 2.17 bits per heavy atom. The molecular formula is C17H19BrN4O2. The zero-order valence-electron chi connectivity index (χ0n) is 13.7. The van der Waals surface area contributed by atoms with Gasteiger partial charge in [0, 0.05) is 9.86 Å². The van der Waals surface area contributed by atoms with E-state index in [4.69, 9.17) is 10.5 Å². The first kappa shape index (κ1) is 16.7. The van der Waals surface area contributed by atoms with Crippen LogP contribution in [0.4, 0.5) is 5.82 Å². The second-order valence-corrected chi connectivity index (χ2v) is 6.65. The number of nitrogens with two attached hydrogens (primary N) is 1. The number of anilines is 1. The number of unbranched alkanes of at least 4 members (excludes halogenated alkanes) is 1. The first-order chi connectivity index (χ1) is 11.5. The number of nitrogen functional groups attached to an aromatic ring is 1. The van der Waals surface area contributed by atoms with Crippen molar-refractivity contribution in [3.8, 4) is 0 Å². The van der Waals surface area contributed by atoms with Crippen molar-refractivity contribution in [2.45, 2.75) is 33.2 Å². The zero-order valence-corrected chi connectivity index (χ0v) is 15.3. The second kappa shape index (κ2) is 6.76. The lowest BCUT2D eigenvalue weighted by molar-refractivity contribution is -0.144. The Labute approximate surface area is 148 Å². The molecule has 0 aliphatic heterocycles. The van der Waals surface area contributed by atoms with Gasteiger partial charge in [-0.05, 0) is 31.0 Å². The summed E-state index contributed by atoms with van der Waals surface area (Å²) in [5.41, 5.74) is 8.66. The highest BCUT2D eigenvalue weighted by molar-refractivity contribution is 9.10. The van der Waals surface area contributed by atoms with Gasteiger partial charge in [-0.2, -0.15) is 0 Å². The second-order valence-electron chi connectivity index (χ2n) is 5.74. The van der Waals surface area contributed by atoms with E-state index in [0.29, 0.717) is 18.1 Å². The summed E-state index contributed by atoms with van der Waals surface area (Å²) in [5.74, 6) is 0.127. The maximum atomic E-state index is 12.2. The fraction of sp³-hybridized carbons (Fsp3) is 0.353. The van der Waals surface area contributed by atoms with Gasteiger partial charge >= 0.3 is 5.97 Å². The van der Waals surface area contributed by atoms with Crippen LogP contribution in [0.1, 0.15) is 25.3 Å². The van der Waals surface area contributed by atoms with E-state index in [0.717, 1.165) is 39.2 Å². The Kier molecular flexibility index (Phi) is 4.71. The van der Waals surface area contributed by atoms with Crippen LogP contribution in [0.2, 0.25) is 0 Å². The lowest BCUT2D eigenvalue weighted by atomic mass is 10.1. The maximum Gasteiger partial charge on any atom is 0.326 e. The van der Waals surface area contributed by atoms with Crippen LogP contribution >= 0.6 is 15.9 Å². The summed E-state index contributed by atoms with van der Waals surface area (Å²) in [6.45, 7) is 4.59. The van der Waals surface area contributed by atoms with Crippen molar-refractivity contribution in [3.05, 3.63) is 28.5 Å². The average Bonchev–Trinajstić information content (AvgIpc) is 2.83. The predicted octanol–water partition coefficient (Wildman–Crippen LogP) is 3.58. The van der Waals surface area contributed by atoms with Gasteiger partial charge in [0.25, 0.3) is 0 Å². The number of rotatable bonds is 5. The van der Waals surface area contributed by atoms with E-state index in [-0.39, 0.29) is 12.5 Å². The molecule has 0 saturated heterocycles. The van der Waals surface area contributed by atoms with Crippen molar-refractivity contribution in [2.75, 3.05) is 12.3 Å². The minimum Gasteiger partial charge on any atom is -0.464 e. The summed E-state index contributed by atoms with van der Waals surface area (Å²) < 4.78 is 8.11. The van der Waals surface area contributed by atoms with E-state index in [2.05, 4.69) is 32.8 Å². The van der Waals surface area contributed by atoms with Crippen LogP contribution in [0, 0.1) is 6.92 Å². The fourth-order valence-corrected chi connectivity index (χ4v) is 3.47. The molecule has 0 aliphatic rings. The Balaban J connectivity index is 2.15. The van der Waals surface area contributed by atoms with Crippen molar-refractivity contribution >= 4 is 49.7 Å². The number of nitrogens with zero attached hydrogens (tertiary/aromatic N) is 3. The molecule has 2 aromatic heterocycles. The van der Waals surface area contributed by atoms with Crippen LogP contribution in [0.5, 0.6) is 0 Å². The summed E-state index contributed by atoms with van der Waals surface area (Å²) in [4.78, 5) is 20.6. The lowest BCUT2D eigenvalue weighted by Gasteiger charge is -2.09. The molecule has 3 rings (SSSR count). The summed E-state index contributed by atoms with van der Waals surface area (Å²) in [5, 5.41) is 1.69. The number of carbonyl (C=O) groups is 1. The van der Waals surface area contributed by atoms with Crippen molar-refractivity contribution in [2.24, 2.45) is 0 Å². The highest BCUT2D eigenvalue weighted by Gasteiger charge is 2.19. The molecule has 2 N–H and O–H groups in total. The standard InChI is InChI=1S/C17H19BrN4O2/c1-3-4-5-24-13(23)8-22-15-10(2)6-11(18)7-12(15)14-16(19)20-9-21-17(14)22/h6-7,9H,3-5,8H2,1-2H3,(H2,19,20,21). The van der Waals surface area contributed by atoms with Gasteiger partial charge in [-0.15, -0.1) is 0 Å². The molecule has 0 aliphatic carbocycles. The number of fused-ring (bicyclic) bond motifs is 3. The van der Waals surface area contributed by atoms with Gasteiger partial charge < -0.3 is 15.0 Å². The first-order valence-corrected chi connectivity index (χ1v) is 8.66. The molecule has 0 fully saturated rings. The molecule has 3 aromatic rings. The monoisotopic (exact) mass is 390 g/mol. The molecule has 0 saturated carbocycles. The third-order valence-corrected chi connectivity index (χ3v) is 4.42. The predicted molar refractivity (Wildman–Crippen MR) is 97.8 cm³/mol. The number of aromatic nitrogens is 3. The van der Waals surface area contributed by atoms with Crippen molar-refractivity contribution < 1.29 is 9.53 Å². The zero-order chi connectivity index (χ0) is 17.3. The molecule has 126 valence electrons. The number of esters is 1. The number of ether oxygens (including phenoxy) is 1. The van der Waals surface area contributed by atoms with Gasteiger partial charge in [0.05, 0.1) is 17.5 Å². The molecule has 0 radical (unpaired) electrons. The van der Waals surface area contributed by atoms with E-state index >= 15 is 0 Å². The van der Waals surface area contributed by atoms with E-state index in [1.165, 1.54) is 6.33 Å². The fourth-order valence-electron chi connectivity index (χ4n) is 2.90. The topological polar surface area (TPSA) is 83.0 Å². The molecule has 2 heterocycles. The van der Waals surface area contributed by atoms with E-state index in [1.54, 1.807) is 0 Å². The Morgan fingerprint density at radius 3 is 2.92 bits per heavy atom. The number of carbonyl (C=O) groups excluding carboxylic acids is 1. The Hall–Kier alpha value is -2.15. The molecule has 0 spiro atoms. The molecule has 7 heteroatoms. The van der Waals surface area contributed by atoms with Crippen LogP contribution in [-0.2, 0) is 16.1 Å². The molecule has 1 aromatic carbocycles. The SMILES string of the molecule is CCCCOC(=O)Cn1c2ncnc(N)c2c2cc(Br)cc(C)c21. The van der Waals surface area contributed by atoms with Crippen molar-refractivity contribution in [3.63, 3.8) is 0 Å². The van der Waals surface area contributed by atoms with Crippen molar-refractivity contribution in [1.29, 1.82) is 0 Å². The number of aryl methyl sites for hydroxylation is 1. The minimum atomic E-state index is -0.276. The molecule has 0 amide bonds. The first-order valence-electron chi connectivity index (χ1n) is 7.87. The van der Waals surface area contributed by atoms with Crippen LogP contribution in [-0.4, -0.2) is 27.1 Å². The van der Waals surface area contributed by atoms with Crippen LogP contribution in [0.25, 0.3) is 21.9 Å². The quantitative estimate of drug-likeness (QED) is 0.531. The number of hydrogen-bond acceptors (Lipinski definition) is 5. The van der Waals surface area contributed by atoms with Gasteiger partial charge in [0.15, 0.2) is 0 Å². The van der Waals surface area contributed by atoms with E-state index in [9.17, 15) is 4.79 Å². The molecule has 24 heavy (non-hydrogen) atoms. The third-order valence-electron chi connectivity index (χ3n) is 3.96. The molecular weight excluding hydrogens is 372 g/mol. The molecule has 0 bridgehead atoms. The normalized spacial score (nSPS) is 11.3. The maximum absolute atomic E-state index is 12.2. The van der Waals surface area contributed by atoms with E-state index in [1.807, 2.05) is 23.6 Å². The third kappa shape index (κ3) is 2.96. The van der Waals surface area contributed by atoms with Gasteiger partial charge in [-0.3, -0.25) is 4.79 Å². The minimum absolute atomic E-state index is 0.0998. The van der Waals surface area contributed by atoms with Gasteiger partial charge in [0.1, 0.15) is 24.3 Å². The van der Waals surface area contributed by atoms with Crippen LogP contribution < -0.4 is 5.73 Å². The van der Waals surface area contributed by atoms with E-state index < -0.39 is 0 Å².